The molecule has 5 atom stereocenters. The largest absolute Gasteiger partial charge is 0.507 e. The molecule has 8 nitrogen and oxygen atoms in total. The van der Waals surface area contributed by atoms with Crippen LogP contribution >= 0.6 is 0 Å². The number of hydrogen-bond acceptors (Lipinski definition) is 8. The lowest BCUT2D eigenvalue weighted by molar-refractivity contribution is -0.171. The number of allylic oxidation sites excluding steroid dienone is 4. The topological polar surface area (TPSA) is 113 Å². The Labute approximate surface area is 234 Å². The van der Waals surface area contributed by atoms with E-state index in [0.717, 1.165) is 11.1 Å². The summed E-state index contributed by atoms with van der Waals surface area (Å²) < 4.78 is 13.4. The van der Waals surface area contributed by atoms with E-state index in [1.807, 2.05) is 39.8 Å². The zero-order chi connectivity index (χ0) is 28.6. The molecule has 3 aliphatic heterocycles. The summed E-state index contributed by atoms with van der Waals surface area (Å²) in [5, 5.41) is 21.8. The van der Waals surface area contributed by atoms with Crippen molar-refractivity contribution in [1.82, 2.24) is 4.90 Å². The van der Waals surface area contributed by atoms with Crippen molar-refractivity contribution < 1.29 is 34.1 Å². The second kappa shape index (κ2) is 9.42. The normalized spacial score (nSPS) is 32.2. The third-order valence-corrected chi connectivity index (χ3v) is 9.53. The highest BCUT2D eigenvalue weighted by molar-refractivity contribution is 6.18. The minimum absolute atomic E-state index is 0.0229. The van der Waals surface area contributed by atoms with E-state index in [2.05, 4.69) is 4.90 Å². The molecule has 0 aromatic heterocycles. The van der Waals surface area contributed by atoms with Crippen molar-refractivity contribution in [3.8, 4) is 17.2 Å². The number of rotatable bonds is 6. The number of hydrogen-bond donors (Lipinski definition) is 2. The molecule has 1 aromatic rings. The van der Waals surface area contributed by atoms with Crippen LogP contribution in [0.15, 0.2) is 41.0 Å². The van der Waals surface area contributed by atoms with Gasteiger partial charge in [0.05, 0.1) is 6.61 Å². The second-order valence-electron chi connectivity index (χ2n) is 12.5. The molecule has 1 spiro atoms. The summed E-state index contributed by atoms with van der Waals surface area (Å²) in [7, 11) is 0. The Bertz CT molecular complexity index is 1400. The summed E-state index contributed by atoms with van der Waals surface area (Å²) in [5.74, 6) is -1.59. The molecule has 1 unspecified atom stereocenters. The highest BCUT2D eigenvalue weighted by Gasteiger charge is 2.79. The zero-order valence-corrected chi connectivity index (χ0v) is 23.6. The Morgan fingerprint density at radius 2 is 1.75 bits per heavy atom. The summed E-state index contributed by atoms with van der Waals surface area (Å²) in [6.07, 6.45) is 7.22. The first-order valence-electron chi connectivity index (χ1n) is 14.2. The number of likely N-dealkylation sites (tertiary alicyclic amines) is 1. The highest BCUT2D eigenvalue weighted by Crippen LogP contribution is 2.65. The zero-order valence-electron chi connectivity index (χ0n) is 23.6. The van der Waals surface area contributed by atoms with Crippen LogP contribution in [0.2, 0.25) is 0 Å². The molecule has 7 rings (SSSR count). The van der Waals surface area contributed by atoms with Crippen molar-refractivity contribution in [2.75, 3.05) is 26.2 Å². The Morgan fingerprint density at radius 3 is 2.42 bits per heavy atom. The average molecular weight is 548 g/mol. The number of carbonyl (C=O) groups excluding carboxylic acids is 3. The average Bonchev–Trinajstić information content (AvgIpc) is 3.18. The van der Waals surface area contributed by atoms with Gasteiger partial charge in [-0.3, -0.25) is 14.4 Å². The third kappa shape index (κ3) is 3.68. The summed E-state index contributed by atoms with van der Waals surface area (Å²) in [4.78, 5) is 42.8. The fourth-order valence-electron chi connectivity index (χ4n) is 7.51. The van der Waals surface area contributed by atoms with Crippen LogP contribution in [0.4, 0.5) is 0 Å². The number of benzene rings is 1. The number of piperidine rings is 1. The van der Waals surface area contributed by atoms with Crippen LogP contribution in [0.1, 0.15) is 62.9 Å². The van der Waals surface area contributed by atoms with Gasteiger partial charge in [0.15, 0.2) is 22.8 Å². The van der Waals surface area contributed by atoms with E-state index in [1.165, 1.54) is 6.07 Å². The van der Waals surface area contributed by atoms with Gasteiger partial charge in [-0.15, -0.1) is 0 Å². The van der Waals surface area contributed by atoms with Gasteiger partial charge in [0.2, 0.25) is 0 Å². The lowest BCUT2D eigenvalue weighted by Crippen LogP contribution is -2.74. The Balaban J connectivity index is 1.53. The van der Waals surface area contributed by atoms with Gasteiger partial charge < -0.3 is 24.6 Å². The smallest absolute Gasteiger partial charge is 0.200 e. The van der Waals surface area contributed by atoms with Crippen LogP contribution in [0, 0.1) is 17.8 Å². The molecular formula is C32H37NO7. The molecule has 6 aliphatic rings. The van der Waals surface area contributed by atoms with Crippen molar-refractivity contribution in [3.63, 3.8) is 0 Å². The van der Waals surface area contributed by atoms with Gasteiger partial charge in [-0.1, -0.05) is 29.4 Å². The van der Waals surface area contributed by atoms with Crippen molar-refractivity contribution in [2.45, 2.75) is 64.6 Å². The lowest BCUT2D eigenvalue weighted by Gasteiger charge is -2.59. The summed E-state index contributed by atoms with van der Waals surface area (Å²) in [6, 6.07) is 1.20. The quantitative estimate of drug-likeness (QED) is 0.513. The van der Waals surface area contributed by atoms with Gasteiger partial charge in [-0.05, 0) is 40.0 Å². The molecule has 0 radical (unpaired) electrons. The molecule has 2 N–H and O–H groups in total. The number of phenolic OH excluding ortho intramolecular Hbond substituents is 2. The van der Waals surface area contributed by atoms with Gasteiger partial charge >= 0.3 is 0 Å². The summed E-state index contributed by atoms with van der Waals surface area (Å²) >= 11 is 0. The predicted octanol–water partition coefficient (Wildman–Crippen LogP) is 4.08. The fourth-order valence-corrected chi connectivity index (χ4v) is 7.51. The van der Waals surface area contributed by atoms with Crippen molar-refractivity contribution in [1.29, 1.82) is 0 Å². The molecule has 40 heavy (non-hydrogen) atoms. The van der Waals surface area contributed by atoms with E-state index >= 15 is 0 Å². The standard InChI is InChI=1S/C32H37NO7/c1-17(2)5-6-20-25(35)14-26(36)27-28(37)23-13-21-22(15-33-11-8-19(34)9-12-33)24-16-39-31(30(21)38,10-7-18(3)4)32(23,24)40-29(20)27/h5,7,13-14,21-22,24,35-36H,6,8-12,15-16H2,1-4H3/t21-,22+,24-,31?,32-/m1/s1. The maximum absolute atomic E-state index is 14.4. The first kappa shape index (κ1) is 27.0. The molecule has 4 bridgehead atoms. The SMILES string of the molecule is CC(C)=CCc1c(O)cc(O)c2c1O[C@@]13C(=C[C@H]4C(=O)C1(CC=C(C)C)OC[C@@H]3[C@H]4CN1CCC(=O)CC1)C2=O. The van der Waals surface area contributed by atoms with E-state index in [4.69, 9.17) is 9.47 Å². The number of fused-ring (bicyclic) bond motifs is 1. The van der Waals surface area contributed by atoms with Crippen LogP contribution in [-0.4, -0.2) is 69.9 Å². The molecule has 8 heteroatoms. The highest BCUT2D eigenvalue weighted by atomic mass is 16.6. The minimum Gasteiger partial charge on any atom is -0.507 e. The molecule has 3 aliphatic carbocycles. The van der Waals surface area contributed by atoms with Crippen LogP contribution < -0.4 is 4.74 Å². The van der Waals surface area contributed by atoms with Gasteiger partial charge in [0.1, 0.15) is 28.6 Å². The Hall–Kier alpha value is -3.23. The van der Waals surface area contributed by atoms with E-state index in [-0.39, 0.29) is 65.0 Å². The number of phenols is 2. The monoisotopic (exact) mass is 547 g/mol. The van der Waals surface area contributed by atoms with E-state index in [9.17, 15) is 24.6 Å². The molecule has 1 saturated carbocycles. The van der Waals surface area contributed by atoms with Crippen molar-refractivity contribution >= 4 is 17.3 Å². The molecule has 212 valence electrons. The molecular weight excluding hydrogens is 510 g/mol. The number of Topliss-reactive ketones (excluding diaryl/α,β-unsaturated/α-hetero) is 3. The maximum atomic E-state index is 14.4. The van der Waals surface area contributed by atoms with E-state index in [1.54, 1.807) is 6.08 Å². The van der Waals surface area contributed by atoms with Crippen LogP contribution in [0.3, 0.4) is 0 Å². The Kier molecular flexibility index (Phi) is 6.35. The predicted molar refractivity (Wildman–Crippen MR) is 148 cm³/mol. The molecule has 3 heterocycles. The fraction of sp³-hybridized carbons (Fsp3) is 0.531. The van der Waals surface area contributed by atoms with Gasteiger partial charge in [-0.25, -0.2) is 0 Å². The first-order valence-corrected chi connectivity index (χ1v) is 14.2. The first-order chi connectivity index (χ1) is 19.0. The van der Waals surface area contributed by atoms with Crippen molar-refractivity contribution in [2.24, 2.45) is 17.8 Å². The van der Waals surface area contributed by atoms with Crippen LogP contribution in [0.5, 0.6) is 17.2 Å². The van der Waals surface area contributed by atoms with Crippen LogP contribution in [-0.2, 0) is 20.7 Å². The van der Waals surface area contributed by atoms with Crippen LogP contribution in [0.25, 0.3) is 0 Å². The third-order valence-electron chi connectivity index (χ3n) is 9.53. The molecule has 3 fully saturated rings. The minimum atomic E-state index is -1.39. The van der Waals surface area contributed by atoms with Gasteiger partial charge in [-0.2, -0.15) is 0 Å². The van der Waals surface area contributed by atoms with E-state index in [0.29, 0.717) is 50.0 Å². The number of carbonyl (C=O) groups is 3. The summed E-state index contributed by atoms with van der Waals surface area (Å²) in [6.45, 7) is 9.95. The molecule has 2 saturated heterocycles. The van der Waals surface area contributed by atoms with E-state index < -0.39 is 17.1 Å². The number of nitrogens with zero attached hydrogens (tertiary/aromatic N) is 1. The van der Waals surface area contributed by atoms with Gasteiger partial charge in [0.25, 0.3) is 0 Å². The Morgan fingerprint density at radius 1 is 1.05 bits per heavy atom. The lowest BCUT2D eigenvalue weighted by atomic mass is 9.49. The second-order valence-corrected chi connectivity index (χ2v) is 12.5. The maximum Gasteiger partial charge on any atom is 0.200 e. The number of ketones is 3. The number of ether oxygens (including phenoxy) is 2. The molecule has 1 aromatic carbocycles. The molecule has 0 amide bonds. The summed E-state index contributed by atoms with van der Waals surface area (Å²) in [5.41, 5.74) is 0.0702. The van der Waals surface area contributed by atoms with Crippen molar-refractivity contribution in [3.05, 3.63) is 52.1 Å². The van der Waals surface area contributed by atoms with Gasteiger partial charge in [0, 0.05) is 67.9 Å². The number of aromatic hydroxyl groups is 2.